The number of aliphatic carboxylic acids is 2. The number of nitrogens with zero attached hydrogens (tertiary/aromatic N) is 2. The Kier molecular flexibility index (Phi) is 6.08. The molecular formula is C28H20N2O8. The standard InChI is InChI=1S/C28H20N2O8/c31-23-17-13-19-20(26(34)30(25(19)33)22(28(37)38)12-16-9-5-2-6-10-16)14-18(17)24(32)29(23)21(27(35)36)11-15-7-3-1-4-8-15/h1-10,13-14,21-22H,11-12H2,(H,35,36)(H,37,38). The van der Waals surface area contributed by atoms with Crippen LogP contribution in [-0.4, -0.2) is 31.3 Å². The smallest absolute Gasteiger partial charge is 0.327 e. The molecule has 38 heavy (non-hydrogen) atoms. The van der Waals surface area contributed by atoms with Crippen molar-refractivity contribution in [2.45, 2.75) is 24.9 Å². The van der Waals surface area contributed by atoms with Crippen molar-refractivity contribution in [1.29, 1.82) is 0 Å². The second-order valence-electron chi connectivity index (χ2n) is 8.99. The number of benzene rings is 3. The summed E-state index contributed by atoms with van der Waals surface area (Å²) in [5, 5.41) is 18.8. The first-order valence-electron chi connectivity index (χ1n) is 11.7. The van der Waals surface area contributed by atoms with Crippen LogP contribution in [0.15, 0.2) is 92.0 Å². The molecule has 0 aliphatic carbocycles. The van der Waals surface area contributed by atoms with E-state index in [1.807, 2.05) is 0 Å². The number of hydrogen-bond acceptors (Lipinski definition) is 6. The normalized spacial score (nSPS) is 13.1. The largest absolute Gasteiger partial charge is 0.480 e. The van der Waals surface area contributed by atoms with Gasteiger partial charge in [-0.2, -0.15) is 0 Å². The molecule has 0 aliphatic rings. The first-order valence-corrected chi connectivity index (χ1v) is 11.7. The van der Waals surface area contributed by atoms with Crippen LogP contribution in [0.4, 0.5) is 0 Å². The SMILES string of the molecule is O=C(O)C(Cc1ccccc1)n1c(=O)c2cc3c(=O)n(C(Cc4ccccc4)C(=O)O)c(=O)c3cc2c1=O. The van der Waals surface area contributed by atoms with Crippen molar-refractivity contribution in [3.05, 3.63) is 125 Å². The fraction of sp³-hybridized carbons (Fsp3) is 0.143. The van der Waals surface area contributed by atoms with Gasteiger partial charge >= 0.3 is 11.9 Å². The molecule has 0 spiro atoms. The highest BCUT2D eigenvalue weighted by Gasteiger charge is 2.30. The summed E-state index contributed by atoms with van der Waals surface area (Å²) in [6.45, 7) is 0. The van der Waals surface area contributed by atoms with Crippen molar-refractivity contribution in [2.75, 3.05) is 0 Å². The molecular weight excluding hydrogens is 492 g/mol. The lowest BCUT2D eigenvalue weighted by Gasteiger charge is -2.12. The molecule has 5 aromatic rings. The molecule has 0 fully saturated rings. The molecule has 0 radical (unpaired) electrons. The number of carboxylic acids is 2. The van der Waals surface area contributed by atoms with Crippen LogP contribution in [-0.2, 0) is 22.4 Å². The molecule has 0 aliphatic heterocycles. The topological polar surface area (TPSA) is 153 Å². The molecule has 10 nitrogen and oxygen atoms in total. The van der Waals surface area contributed by atoms with Gasteiger partial charge in [0.25, 0.3) is 22.2 Å². The van der Waals surface area contributed by atoms with Gasteiger partial charge in [-0.25, -0.2) is 9.59 Å². The van der Waals surface area contributed by atoms with Gasteiger partial charge in [-0.1, -0.05) is 60.7 Å². The van der Waals surface area contributed by atoms with Crippen LogP contribution in [0.3, 0.4) is 0 Å². The molecule has 0 amide bonds. The molecule has 0 saturated carbocycles. The van der Waals surface area contributed by atoms with E-state index in [9.17, 15) is 39.0 Å². The predicted octanol–water partition coefficient (Wildman–Crippen LogP) is 1.65. The number of carboxylic acid groups (broad SMARTS) is 2. The third-order valence-corrected chi connectivity index (χ3v) is 6.69. The maximum absolute atomic E-state index is 13.2. The molecule has 3 aromatic carbocycles. The van der Waals surface area contributed by atoms with Gasteiger partial charge in [0, 0.05) is 12.8 Å². The van der Waals surface area contributed by atoms with Crippen molar-refractivity contribution in [1.82, 2.24) is 9.13 Å². The van der Waals surface area contributed by atoms with Crippen LogP contribution < -0.4 is 22.2 Å². The molecule has 5 rings (SSSR count). The lowest BCUT2D eigenvalue weighted by atomic mass is 10.1. The molecule has 2 aromatic heterocycles. The highest BCUT2D eigenvalue weighted by atomic mass is 16.4. The fourth-order valence-electron chi connectivity index (χ4n) is 4.83. The summed E-state index contributed by atoms with van der Waals surface area (Å²) in [6, 6.07) is 16.1. The Bertz CT molecular complexity index is 1700. The second-order valence-corrected chi connectivity index (χ2v) is 8.99. The number of rotatable bonds is 8. The Morgan fingerprint density at radius 2 is 0.842 bits per heavy atom. The van der Waals surface area contributed by atoms with E-state index in [2.05, 4.69) is 0 Å². The zero-order valence-electron chi connectivity index (χ0n) is 19.7. The maximum Gasteiger partial charge on any atom is 0.327 e. The Hall–Kier alpha value is -5.12. The van der Waals surface area contributed by atoms with E-state index in [0.29, 0.717) is 20.3 Å². The average molecular weight is 512 g/mol. The minimum Gasteiger partial charge on any atom is -0.480 e. The quantitative estimate of drug-likeness (QED) is 0.318. The van der Waals surface area contributed by atoms with Gasteiger partial charge in [0.05, 0.1) is 21.5 Å². The second kappa shape index (κ2) is 9.40. The van der Waals surface area contributed by atoms with E-state index in [-0.39, 0.29) is 34.4 Å². The highest BCUT2D eigenvalue weighted by molar-refractivity contribution is 5.98. The maximum atomic E-state index is 13.2. The molecule has 0 bridgehead atoms. The van der Waals surface area contributed by atoms with Crippen LogP contribution >= 0.6 is 0 Å². The van der Waals surface area contributed by atoms with E-state index < -0.39 is 46.3 Å². The first-order chi connectivity index (χ1) is 18.2. The van der Waals surface area contributed by atoms with Crippen LogP contribution in [0.2, 0.25) is 0 Å². The van der Waals surface area contributed by atoms with Gasteiger partial charge in [-0.3, -0.25) is 28.3 Å². The molecule has 190 valence electrons. The fourth-order valence-corrected chi connectivity index (χ4v) is 4.83. The molecule has 2 N–H and O–H groups in total. The monoisotopic (exact) mass is 512 g/mol. The van der Waals surface area contributed by atoms with Crippen molar-refractivity contribution in [3.63, 3.8) is 0 Å². The lowest BCUT2D eigenvalue weighted by Crippen LogP contribution is -2.36. The van der Waals surface area contributed by atoms with E-state index in [1.165, 1.54) is 0 Å². The summed E-state index contributed by atoms with van der Waals surface area (Å²) in [5.74, 6) is -2.78. The third kappa shape index (κ3) is 4.01. The van der Waals surface area contributed by atoms with Gasteiger partial charge in [0.2, 0.25) is 0 Å². The number of hydrogen-bond donors (Lipinski definition) is 2. The van der Waals surface area contributed by atoms with Gasteiger partial charge in [0.1, 0.15) is 12.1 Å². The van der Waals surface area contributed by atoms with Crippen molar-refractivity contribution < 1.29 is 19.8 Å². The summed E-state index contributed by atoms with van der Waals surface area (Å²) in [5.41, 5.74) is -2.44. The van der Waals surface area contributed by atoms with Crippen LogP contribution in [0.25, 0.3) is 21.5 Å². The summed E-state index contributed by atoms with van der Waals surface area (Å²) in [7, 11) is 0. The number of fused-ring (bicyclic) bond motifs is 2. The predicted molar refractivity (Wildman–Crippen MR) is 139 cm³/mol. The van der Waals surface area contributed by atoms with Crippen LogP contribution in [0.1, 0.15) is 23.2 Å². The Labute approximate surface area is 212 Å². The average Bonchev–Trinajstić information content (AvgIpc) is 3.29. The highest BCUT2D eigenvalue weighted by Crippen LogP contribution is 2.20. The minimum absolute atomic E-state index is 0.132. The molecule has 2 atom stereocenters. The summed E-state index contributed by atoms with van der Waals surface area (Å²) in [6.07, 6.45) is -0.264. The lowest BCUT2D eigenvalue weighted by molar-refractivity contribution is -0.142. The van der Waals surface area contributed by atoms with Crippen molar-refractivity contribution in [3.8, 4) is 0 Å². The minimum atomic E-state index is -1.51. The zero-order valence-corrected chi connectivity index (χ0v) is 19.7. The van der Waals surface area contributed by atoms with Crippen LogP contribution in [0, 0.1) is 0 Å². The summed E-state index contributed by atoms with van der Waals surface area (Å²) >= 11 is 0. The van der Waals surface area contributed by atoms with Crippen molar-refractivity contribution >= 4 is 33.5 Å². The van der Waals surface area contributed by atoms with E-state index in [0.717, 1.165) is 12.1 Å². The summed E-state index contributed by atoms with van der Waals surface area (Å²) in [4.78, 5) is 77.0. The summed E-state index contributed by atoms with van der Waals surface area (Å²) < 4.78 is 1.24. The molecule has 0 saturated heterocycles. The van der Waals surface area contributed by atoms with E-state index in [4.69, 9.17) is 0 Å². The Morgan fingerprint density at radius 1 is 0.553 bits per heavy atom. The van der Waals surface area contributed by atoms with E-state index in [1.54, 1.807) is 60.7 Å². The van der Waals surface area contributed by atoms with Gasteiger partial charge < -0.3 is 10.2 Å². The van der Waals surface area contributed by atoms with Crippen LogP contribution in [0.5, 0.6) is 0 Å². The zero-order chi connectivity index (χ0) is 27.1. The Balaban J connectivity index is 1.68. The molecule has 10 heteroatoms. The molecule has 2 unspecified atom stereocenters. The number of carbonyl (C=O) groups is 2. The first kappa shape index (κ1) is 24.6. The molecule has 2 heterocycles. The van der Waals surface area contributed by atoms with Gasteiger partial charge in [-0.05, 0) is 23.3 Å². The number of aromatic nitrogens is 2. The van der Waals surface area contributed by atoms with E-state index >= 15 is 0 Å². The van der Waals surface area contributed by atoms with Gasteiger partial charge in [0.15, 0.2) is 0 Å². The Morgan fingerprint density at radius 3 is 1.11 bits per heavy atom. The van der Waals surface area contributed by atoms with Crippen molar-refractivity contribution in [2.24, 2.45) is 0 Å². The van der Waals surface area contributed by atoms with Gasteiger partial charge in [-0.15, -0.1) is 0 Å². The third-order valence-electron chi connectivity index (χ3n) is 6.69.